The smallest absolute Gasteiger partial charge is 0.364 e. The average molecular weight is 1060 g/mol. The van der Waals surface area contributed by atoms with Crippen LogP contribution < -0.4 is 18.9 Å². The second kappa shape index (κ2) is 29.6. The molecule has 3 aliphatic rings. The minimum absolute atomic E-state index is 0.0407. The molecule has 2 aromatic rings. The first-order chi connectivity index (χ1) is 35.9. The van der Waals surface area contributed by atoms with Crippen LogP contribution in [0, 0.1) is 77.0 Å². The van der Waals surface area contributed by atoms with E-state index in [-0.39, 0.29) is 17.6 Å². The van der Waals surface area contributed by atoms with Crippen molar-refractivity contribution in [2.75, 3.05) is 19.6 Å². The first-order valence-corrected chi connectivity index (χ1v) is 30.9. The van der Waals surface area contributed by atoms with Crippen LogP contribution in [0.15, 0.2) is 0 Å². The van der Waals surface area contributed by atoms with Gasteiger partial charge in [0.15, 0.2) is 0 Å². The first kappa shape index (κ1) is 63.2. The summed E-state index contributed by atoms with van der Waals surface area (Å²) >= 11 is 0. The number of benzene rings is 2. The van der Waals surface area contributed by atoms with Crippen molar-refractivity contribution in [2.24, 2.45) is 35.5 Å². The van der Waals surface area contributed by atoms with Gasteiger partial charge < -0.3 is 28.6 Å². The van der Waals surface area contributed by atoms with E-state index in [1.54, 1.807) is 0 Å². The van der Waals surface area contributed by atoms with Crippen molar-refractivity contribution >= 4 is 17.9 Å². The molecule has 1 unspecified atom stereocenters. The molecular formula is C67H109NO8. The van der Waals surface area contributed by atoms with E-state index in [1.807, 2.05) is 41.5 Å². The summed E-state index contributed by atoms with van der Waals surface area (Å²) < 4.78 is 32.1. The van der Waals surface area contributed by atoms with Gasteiger partial charge in [-0.05, 0) is 195 Å². The van der Waals surface area contributed by atoms with Gasteiger partial charge in [0.1, 0.15) is 34.2 Å². The van der Waals surface area contributed by atoms with Gasteiger partial charge in [0, 0.05) is 17.7 Å². The normalized spacial score (nSPS) is 20.4. The molecule has 2 aromatic carbocycles. The molecule has 5 rings (SSSR count). The van der Waals surface area contributed by atoms with Crippen molar-refractivity contribution in [3.05, 3.63) is 44.5 Å². The van der Waals surface area contributed by atoms with Crippen LogP contribution in [0.3, 0.4) is 0 Å². The second-order valence-electron chi connectivity index (χ2n) is 26.5. The fourth-order valence-corrected chi connectivity index (χ4v) is 12.4. The minimum atomic E-state index is -1.93. The van der Waals surface area contributed by atoms with Gasteiger partial charge in [-0.25, -0.2) is 9.59 Å². The summed E-state index contributed by atoms with van der Waals surface area (Å²) in [5.74, 6) is 4.24. The first-order valence-electron chi connectivity index (χ1n) is 30.9. The Hall–Kier alpha value is -3.59. The lowest BCUT2D eigenvalue weighted by Crippen LogP contribution is -2.43. The summed E-state index contributed by atoms with van der Waals surface area (Å²) in [5, 5.41) is 0. The molecule has 0 spiro atoms. The zero-order valence-corrected chi connectivity index (χ0v) is 51.3. The number of hydrogen-bond acceptors (Lipinski definition) is 9. The van der Waals surface area contributed by atoms with Crippen LogP contribution in [0.4, 0.5) is 0 Å². The van der Waals surface area contributed by atoms with Gasteiger partial charge in [-0.15, -0.1) is 0 Å². The van der Waals surface area contributed by atoms with Crippen LogP contribution in [0.2, 0.25) is 0 Å². The highest BCUT2D eigenvalue weighted by atomic mass is 16.6. The predicted octanol–water partition coefficient (Wildman–Crippen LogP) is 17.1. The molecule has 0 aromatic heterocycles. The van der Waals surface area contributed by atoms with E-state index >= 15 is 0 Å². The third-order valence-electron chi connectivity index (χ3n) is 18.3. The number of likely N-dealkylation sites (tertiary alicyclic amines) is 1. The molecule has 0 amide bonds. The van der Waals surface area contributed by atoms with Crippen molar-refractivity contribution < 1.29 is 38.1 Å². The van der Waals surface area contributed by atoms with Gasteiger partial charge in [0.2, 0.25) is 0 Å². The SMILES string of the molecule is Cc1c(C)c(OC(=O)C(OC(=O)CCN2CCC2)C(=O)Oc2c(C)c(C)c3c(c2C)CC[C@@](C)(CCC[C@H](C)CCC[C@H](C)CCCC(C)C)O3)c(C)c2c1CC[C@@](C)(CCC[C@H](C)CCC[C@H](C)CCCC(C)C)O2. The number of fused-ring (bicyclic) bond motifs is 2. The number of nitrogens with zero attached hydrogens (tertiary/aromatic N) is 1. The van der Waals surface area contributed by atoms with Crippen LogP contribution in [-0.2, 0) is 32.0 Å². The zero-order valence-electron chi connectivity index (χ0n) is 51.3. The van der Waals surface area contributed by atoms with Gasteiger partial charge in [0.05, 0.1) is 6.42 Å². The Kier molecular flexibility index (Phi) is 24.6. The summed E-state index contributed by atoms with van der Waals surface area (Å²) in [7, 11) is 0. The molecule has 0 saturated carbocycles. The molecule has 0 aliphatic carbocycles. The van der Waals surface area contributed by atoms with Crippen molar-refractivity contribution in [2.45, 2.75) is 282 Å². The molecule has 3 heterocycles. The molecule has 0 radical (unpaired) electrons. The van der Waals surface area contributed by atoms with E-state index in [1.165, 1.54) is 89.9 Å². The van der Waals surface area contributed by atoms with Crippen LogP contribution in [-0.4, -0.2) is 59.7 Å². The highest BCUT2D eigenvalue weighted by Gasteiger charge is 2.40. The van der Waals surface area contributed by atoms with E-state index < -0.39 is 24.0 Å². The summed E-state index contributed by atoms with van der Waals surface area (Å²) in [6.45, 7) is 37.5. The third-order valence-corrected chi connectivity index (χ3v) is 18.3. The summed E-state index contributed by atoms with van der Waals surface area (Å²) in [6.07, 6.45) is 24.9. The van der Waals surface area contributed by atoms with Gasteiger partial charge in [-0.2, -0.15) is 0 Å². The summed E-state index contributed by atoms with van der Waals surface area (Å²) in [4.78, 5) is 44.6. The molecule has 76 heavy (non-hydrogen) atoms. The van der Waals surface area contributed by atoms with Gasteiger partial charge in [-0.3, -0.25) is 4.79 Å². The lowest BCUT2D eigenvalue weighted by molar-refractivity contribution is -0.172. The Bertz CT molecular complexity index is 2210. The maximum absolute atomic E-state index is 14.5. The number of ether oxygens (including phenoxy) is 5. The Morgan fingerprint density at radius 3 is 1.30 bits per heavy atom. The maximum Gasteiger partial charge on any atom is 0.364 e. The lowest BCUT2D eigenvalue weighted by Gasteiger charge is -2.38. The molecule has 430 valence electrons. The van der Waals surface area contributed by atoms with Crippen molar-refractivity contribution in [3.63, 3.8) is 0 Å². The van der Waals surface area contributed by atoms with Crippen LogP contribution >= 0.6 is 0 Å². The fraction of sp³-hybridized carbons (Fsp3) is 0.776. The molecule has 3 aliphatic heterocycles. The molecule has 1 fully saturated rings. The third kappa shape index (κ3) is 18.5. The van der Waals surface area contributed by atoms with E-state index in [9.17, 15) is 14.4 Å². The molecule has 7 atom stereocenters. The molecule has 1 saturated heterocycles. The monoisotopic (exact) mass is 1060 g/mol. The van der Waals surface area contributed by atoms with E-state index in [4.69, 9.17) is 23.7 Å². The highest BCUT2D eigenvalue weighted by Crippen LogP contribution is 2.47. The summed E-state index contributed by atoms with van der Waals surface area (Å²) in [6, 6.07) is 0. The molecule has 0 N–H and O–H groups in total. The zero-order chi connectivity index (χ0) is 55.9. The lowest BCUT2D eigenvalue weighted by atomic mass is 9.83. The maximum atomic E-state index is 14.5. The predicted molar refractivity (Wildman–Crippen MR) is 312 cm³/mol. The largest absolute Gasteiger partial charge is 0.487 e. The molecule has 0 bridgehead atoms. The fourth-order valence-electron chi connectivity index (χ4n) is 12.4. The Morgan fingerprint density at radius 1 is 0.500 bits per heavy atom. The van der Waals surface area contributed by atoms with Crippen molar-refractivity contribution in [1.29, 1.82) is 0 Å². The van der Waals surface area contributed by atoms with Crippen LogP contribution in [0.25, 0.3) is 0 Å². The molecule has 9 nitrogen and oxygen atoms in total. The van der Waals surface area contributed by atoms with E-state index in [0.29, 0.717) is 35.4 Å². The summed E-state index contributed by atoms with van der Waals surface area (Å²) in [5.41, 5.74) is 6.42. The number of carbonyl (C=O) groups excluding carboxylic acids is 3. The van der Waals surface area contributed by atoms with Crippen LogP contribution in [0.1, 0.15) is 255 Å². The van der Waals surface area contributed by atoms with E-state index in [0.717, 1.165) is 145 Å². The topological polar surface area (TPSA) is 101 Å². The number of esters is 3. The number of rotatable bonds is 32. The Labute approximate surface area is 463 Å². The average Bonchev–Trinajstić information content (AvgIpc) is 3.34. The Balaban J connectivity index is 1.24. The van der Waals surface area contributed by atoms with Crippen molar-refractivity contribution in [3.8, 4) is 23.0 Å². The van der Waals surface area contributed by atoms with Gasteiger partial charge >= 0.3 is 17.9 Å². The van der Waals surface area contributed by atoms with Crippen molar-refractivity contribution in [1.82, 2.24) is 4.90 Å². The Morgan fingerprint density at radius 2 is 0.882 bits per heavy atom. The van der Waals surface area contributed by atoms with Crippen LogP contribution in [0.5, 0.6) is 23.0 Å². The highest BCUT2D eigenvalue weighted by molar-refractivity contribution is 6.01. The minimum Gasteiger partial charge on any atom is -0.487 e. The van der Waals surface area contributed by atoms with E-state index in [2.05, 4.69) is 74.1 Å². The quantitative estimate of drug-likeness (QED) is 0.0403. The molecule has 9 heteroatoms. The van der Waals surface area contributed by atoms with Gasteiger partial charge in [0.25, 0.3) is 6.10 Å². The number of carbonyl (C=O) groups is 3. The standard InChI is InChI=1S/C67H109NO8/c1-44(2)24-17-26-46(5)28-19-30-48(7)32-21-37-66(15)40-35-57-54(13)59(52(11)53(12)61(57)75-66)73-64(70)63(72-58(69)36-43-68-41-23-42-68)65(71)74-60-51(10)50(9)56-34-39-67(16,76-62(56)55(60)14)38-22-33-49(8)31-20-29-47(6)27-18-25-45(3)4/h44-49,63H,17-43H2,1-16H3/t46-,47-,48-,49-,63?,66-,67-/m1/s1. The second-order valence-corrected chi connectivity index (χ2v) is 26.5. The number of hydrogen-bond donors (Lipinski definition) is 0. The van der Waals surface area contributed by atoms with Gasteiger partial charge in [-0.1, -0.05) is 145 Å². The molecular weight excluding hydrogens is 947 g/mol.